The van der Waals surface area contributed by atoms with Crippen molar-refractivity contribution in [2.24, 2.45) is 0 Å². The summed E-state index contributed by atoms with van der Waals surface area (Å²) >= 11 is 14.6. The van der Waals surface area contributed by atoms with Crippen LogP contribution >= 0.6 is 39.1 Å². The smallest absolute Gasteiger partial charge is 0.162 e. The van der Waals surface area contributed by atoms with Crippen molar-refractivity contribution in [2.75, 3.05) is 25.0 Å². The highest BCUT2D eigenvalue weighted by atomic mass is 79.9. The molecule has 1 aromatic carbocycles. The molecule has 5 heteroatoms. The van der Waals surface area contributed by atoms with Gasteiger partial charge in [0.2, 0.25) is 0 Å². The van der Waals surface area contributed by atoms with E-state index in [9.17, 15) is 0 Å². The lowest BCUT2D eigenvalue weighted by molar-refractivity contribution is 0.269. The second-order valence-electron chi connectivity index (χ2n) is 3.37. The van der Waals surface area contributed by atoms with Crippen LogP contribution in [-0.4, -0.2) is 25.0 Å². The zero-order chi connectivity index (χ0) is 12.5. The summed E-state index contributed by atoms with van der Waals surface area (Å²) < 4.78 is 12.2. The first kappa shape index (κ1) is 14.9. The highest BCUT2D eigenvalue weighted by Gasteiger charge is 2.05. The summed E-state index contributed by atoms with van der Waals surface area (Å²) in [5, 5.41) is 0. The summed E-state index contributed by atoms with van der Waals surface area (Å²) in [6.45, 7) is 1.18. The number of ether oxygens (including phenoxy) is 2. The van der Waals surface area contributed by atoms with Gasteiger partial charge in [-0.1, -0.05) is 15.9 Å². The van der Waals surface area contributed by atoms with Crippen LogP contribution in [0.3, 0.4) is 0 Å². The largest absolute Gasteiger partial charge is 0.490 e. The maximum atomic E-state index is 5.62. The number of alkyl halides is 2. The molecule has 0 N–H and O–H groups in total. The molecule has 0 amide bonds. The van der Waals surface area contributed by atoms with Crippen molar-refractivity contribution < 1.29 is 9.47 Å². The molecule has 0 atom stereocenters. The van der Waals surface area contributed by atoms with Crippen molar-refractivity contribution in [3.05, 3.63) is 22.7 Å². The van der Waals surface area contributed by atoms with Crippen LogP contribution in [0.2, 0.25) is 0 Å². The predicted octanol–water partition coefficient (Wildman–Crippen LogP) is 4.46. The third-order valence-corrected chi connectivity index (χ3v) is 3.00. The van der Waals surface area contributed by atoms with Gasteiger partial charge in [-0.2, -0.15) is 0 Å². The molecule has 1 aromatic rings. The predicted molar refractivity (Wildman–Crippen MR) is 75.8 cm³/mol. The fourth-order valence-electron chi connectivity index (χ4n) is 1.19. The zero-order valence-corrected chi connectivity index (χ0v) is 12.5. The van der Waals surface area contributed by atoms with Crippen molar-refractivity contribution in [3.63, 3.8) is 0 Å². The molecule has 0 fully saturated rings. The Kier molecular flexibility index (Phi) is 7.82. The first-order valence-corrected chi connectivity index (χ1v) is 7.31. The van der Waals surface area contributed by atoms with Gasteiger partial charge in [-0.25, -0.2) is 0 Å². The summed E-state index contributed by atoms with van der Waals surface area (Å²) in [6.07, 6.45) is 1.63. The van der Waals surface area contributed by atoms with Crippen LogP contribution in [0, 0.1) is 0 Å². The van der Waals surface area contributed by atoms with E-state index >= 15 is 0 Å². The van der Waals surface area contributed by atoms with E-state index in [0.29, 0.717) is 25.0 Å². The number of halogens is 3. The van der Waals surface area contributed by atoms with Gasteiger partial charge >= 0.3 is 0 Å². The third kappa shape index (κ3) is 5.84. The van der Waals surface area contributed by atoms with E-state index in [-0.39, 0.29) is 0 Å². The fraction of sp³-hybridized carbons (Fsp3) is 0.500. The van der Waals surface area contributed by atoms with Gasteiger partial charge in [0.25, 0.3) is 0 Å². The molecule has 0 aromatic heterocycles. The third-order valence-electron chi connectivity index (χ3n) is 1.98. The fourth-order valence-corrected chi connectivity index (χ4v) is 1.75. The van der Waals surface area contributed by atoms with Crippen LogP contribution in [0.1, 0.15) is 12.8 Å². The van der Waals surface area contributed by atoms with Gasteiger partial charge in [0.05, 0.1) is 13.2 Å². The average Bonchev–Trinajstić information content (AvgIpc) is 2.32. The van der Waals surface area contributed by atoms with Gasteiger partial charge in [0.1, 0.15) is 0 Å². The second-order valence-corrected chi connectivity index (χ2v) is 5.04. The maximum absolute atomic E-state index is 5.62. The van der Waals surface area contributed by atoms with Crippen molar-refractivity contribution in [1.29, 1.82) is 0 Å². The number of hydrogen-bond acceptors (Lipinski definition) is 2. The van der Waals surface area contributed by atoms with Crippen molar-refractivity contribution in [2.45, 2.75) is 12.8 Å². The van der Waals surface area contributed by atoms with E-state index < -0.39 is 0 Å². The van der Waals surface area contributed by atoms with Crippen LogP contribution in [0.15, 0.2) is 22.7 Å². The Balaban J connectivity index is 2.59. The monoisotopic (exact) mass is 340 g/mol. The summed E-state index contributed by atoms with van der Waals surface area (Å²) in [6, 6.07) is 5.70. The molecule has 0 saturated carbocycles. The SMILES string of the molecule is ClCCCOc1ccc(Br)cc1OCCCCl. The van der Waals surface area contributed by atoms with E-state index in [1.165, 1.54) is 0 Å². The molecule has 17 heavy (non-hydrogen) atoms. The van der Waals surface area contributed by atoms with Crippen LogP contribution in [0.4, 0.5) is 0 Å². The van der Waals surface area contributed by atoms with Crippen LogP contribution in [0.25, 0.3) is 0 Å². The van der Waals surface area contributed by atoms with Crippen LogP contribution < -0.4 is 9.47 Å². The number of hydrogen-bond donors (Lipinski definition) is 0. The van der Waals surface area contributed by atoms with E-state index in [1.54, 1.807) is 0 Å². The average molecular weight is 342 g/mol. The molecular formula is C12H15BrCl2O2. The molecule has 0 heterocycles. The van der Waals surface area contributed by atoms with E-state index in [1.807, 2.05) is 18.2 Å². The van der Waals surface area contributed by atoms with Gasteiger partial charge in [-0.3, -0.25) is 0 Å². The first-order valence-electron chi connectivity index (χ1n) is 5.45. The van der Waals surface area contributed by atoms with Gasteiger partial charge in [0, 0.05) is 16.2 Å². The van der Waals surface area contributed by atoms with E-state index in [4.69, 9.17) is 32.7 Å². The highest BCUT2D eigenvalue weighted by molar-refractivity contribution is 9.10. The van der Waals surface area contributed by atoms with Crippen molar-refractivity contribution >= 4 is 39.1 Å². The Morgan fingerprint density at radius 2 is 1.53 bits per heavy atom. The Morgan fingerprint density at radius 1 is 0.941 bits per heavy atom. The van der Waals surface area contributed by atoms with E-state index in [0.717, 1.165) is 28.8 Å². The number of benzene rings is 1. The Bertz CT molecular complexity index is 334. The van der Waals surface area contributed by atoms with Gasteiger partial charge in [0.15, 0.2) is 11.5 Å². The summed E-state index contributed by atoms with van der Waals surface area (Å²) in [4.78, 5) is 0. The Hall–Kier alpha value is -0.120. The van der Waals surface area contributed by atoms with Gasteiger partial charge < -0.3 is 9.47 Å². The summed E-state index contributed by atoms with van der Waals surface area (Å²) in [7, 11) is 0. The lowest BCUT2D eigenvalue weighted by Crippen LogP contribution is -2.03. The van der Waals surface area contributed by atoms with Crippen LogP contribution in [-0.2, 0) is 0 Å². The van der Waals surface area contributed by atoms with Crippen LogP contribution in [0.5, 0.6) is 11.5 Å². The minimum absolute atomic E-state index is 0.589. The molecule has 96 valence electrons. The minimum Gasteiger partial charge on any atom is -0.490 e. The topological polar surface area (TPSA) is 18.5 Å². The van der Waals surface area contributed by atoms with Gasteiger partial charge in [-0.15, -0.1) is 23.2 Å². The molecule has 0 radical (unpaired) electrons. The zero-order valence-electron chi connectivity index (χ0n) is 9.43. The molecule has 0 spiro atoms. The molecular weight excluding hydrogens is 327 g/mol. The molecule has 2 nitrogen and oxygen atoms in total. The van der Waals surface area contributed by atoms with Crippen molar-refractivity contribution in [3.8, 4) is 11.5 Å². The van der Waals surface area contributed by atoms with E-state index in [2.05, 4.69) is 15.9 Å². The minimum atomic E-state index is 0.589. The second kappa shape index (κ2) is 8.90. The Labute approximate surface area is 120 Å². The standard InChI is InChI=1S/C12H15BrCl2O2/c13-10-3-4-11(16-7-1-5-14)12(9-10)17-8-2-6-15/h3-4,9H,1-2,5-8H2. The summed E-state index contributed by atoms with van der Waals surface area (Å²) in [5.74, 6) is 2.67. The molecule has 0 bridgehead atoms. The number of rotatable bonds is 8. The molecule has 0 aliphatic heterocycles. The Morgan fingerprint density at radius 3 is 2.12 bits per heavy atom. The molecule has 0 saturated heterocycles. The molecule has 0 aliphatic rings. The maximum Gasteiger partial charge on any atom is 0.162 e. The lowest BCUT2D eigenvalue weighted by atomic mass is 10.3. The van der Waals surface area contributed by atoms with Crippen molar-refractivity contribution in [1.82, 2.24) is 0 Å². The molecule has 0 unspecified atom stereocenters. The highest BCUT2D eigenvalue weighted by Crippen LogP contribution is 2.30. The molecule has 1 rings (SSSR count). The first-order chi connectivity index (χ1) is 8.27. The lowest BCUT2D eigenvalue weighted by Gasteiger charge is -2.12. The quantitative estimate of drug-likeness (QED) is 0.513. The summed E-state index contributed by atoms with van der Waals surface area (Å²) in [5.41, 5.74) is 0. The van der Waals surface area contributed by atoms with Gasteiger partial charge in [-0.05, 0) is 31.0 Å². The molecule has 0 aliphatic carbocycles. The normalized spacial score (nSPS) is 10.3.